The van der Waals surface area contributed by atoms with Crippen molar-refractivity contribution in [2.24, 2.45) is 5.92 Å². The lowest BCUT2D eigenvalue weighted by Crippen LogP contribution is -2.29. The van der Waals surface area contributed by atoms with Crippen molar-refractivity contribution < 1.29 is 14.6 Å². The Hall–Kier alpha value is -0.900. The van der Waals surface area contributed by atoms with Gasteiger partial charge in [-0.3, -0.25) is 5.41 Å². The van der Waals surface area contributed by atoms with Crippen LogP contribution in [0.5, 0.6) is 0 Å². The molecule has 0 spiro atoms. The van der Waals surface area contributed by atoms with Crippen molar-refractivity contribution in [2.45, 2.75) is 39.7 Å². The quantitative estimate of drug-likeness (QED) is 0.533. The maximum atomic E-state index is 11.3. The Labute approximate surface area is 84.8 Å². The van der Waals surface area contributed by atoms with Gasteiger partial charge in [-0.25, -0.2) is 4.79 Å². The Kier molecular flexibility index (Phi) is 4.77. The van der Waals surface area contributed by atoms with Crippen LogP contribution >= 0.6 is 0 Å². The lowest BCUT2D eigenvalue weighted by molar-refractivity contribution is -0.146. The molecular formula is C10H19NO3. The Bertz CT molecular complexity index is 218. The summed E-state index contributed by atoms with van der Waals surface area (Å²) in [5, 5.41) is 16.2. The fourth-order valence-electron chi connectivity index (χ4n) is 0.836. The predicted molar refractivity (Wildman–Crippen MR) is 54.4 cm³/mol. The second kappa shape index (κ2) is 5.10. The predicted octanol–water partition coefficient (Wildman–Crippen LogP) is 1.37. The summed E-state index contributed by atoms with van der Waals surface area (Å²) in [6.07, 6.45) is 0.255. The molecule has 0 aromatic carbocycles. The molecule has 0 heterocycles. The highest BCUT2D eigenvalue weighted by Gasteiger charge is 2.20. The molecule has 0 fully saturated rings. The van der Waals surface area contributed by atoms with Gasteiger partial charge in [0.15, 0.2) is 0 Å². The molecule has 0 bridgehead atoms. The van der Waals surface area contributed by atoms with Crippen LogP contribution in [0.2, 0.25) is 0 Å². The molecule has 0 saturated heterocycles. The van der Waals surface area contributed by atoms with Crippen LogP contribution < -0.4 is 0 Å². The number of hydrogen-bond acceptors (Lipinski definition) is 4. The molecule has 1 unspecified atom stereocenters. The molecule has 4 nitrogen and oxygen atoms in total. The standard InChI is InChI=1S/C10H19NO3/c1-7(6-12)5-8(11)9(13)14-10(2,3)4/h7,11-12H,5-6H2,1-4H3. The highest BCUT2D eigenvalue weighted by Crippen LogP contribution is 2.09. The molecule has 0 aliphatic rings. The van der Waals surface area contributed by atoms with E-state index in [4.69, 9.17) is 15.3 Å². The molecule has 0 saturated carbocycles. The van der Waals surface area contributed by atoms with Crippen LogP contribution in [-0.2, 0) is 9.53 Å². The SMILES string of the molecule is CC(CO)CC(=N)C(=O)OC(C)(C)C. The summed E-state index contributed by atoms with van der Waals surface area (Å²) in [6.45, 7) is 7.03. The average Bonchev–Trinajstić information content (AvgIpc) is 2.00. The van der Waals surface area contributed by atoms with Gasteiger partial charge in [0.05, 0.1) is 0 Å². The second-order valence-electron chi connectivity index (χ2n) is 4.47. The highest BCUT2D eigenvalue weighted by atomic mass is 16.6. The van der Waals surface area contributed by atoms with Crippen LogP contribution in [0.15, 0.2) is 0 Å². The minimum atomic E-state index is -0.599. The third kappa shape index (κ3) is 5.70. The summed E-state index contributed by atoms with van der Waals surface area (Å²) in [6, 6.07) is 0. The topological polar surface area (TPSA) is 70.4 Å². The van der Waals surface area contributed by atoms with Gasteiger partial charge in [-0.15, -0.1) is 0 Å². The fraction of sp³-hybridized carbons (Fsp3) is 0.800. The van der Waals surface area contributed by atoms with Crippen molar-refractivity contribution in [1.29, 1.82) is 5.41 Å². The molecule has 0 aliphatic carbocycles. The molecule has 4 heteroatoms. The van der Waals surface area contributed by atoms with Gasteiger partial charge in [0.2, 0.25) is 0 Å². The van der Waals surface area contributed by atoms with E-state index in [2.05, 4.69) is 0 Å². The van der Waals surface area contributed by atoms with Crippen molar-refractivity contribution in [2.75, 3.05) is 6.61 Å². The van der Waals surface area contributed by atoms with Gasteiger partial charge in [-0.05, 0) is 26.7 Å². The minimum Gasteiger partial charge on any atom is -0.456 e. The Morgan fingerprint density at radius 1 is 1.50 bits per heavy atom. The summed E-state index contributed by atoms with van der Waals surface area (Å²) in [7, 11) is 0. The van der Waals surface area contributed by atoms with Crippen molar-refractivity contribution in [3.8, 4) is 0 Å². The molecule has 0 aromatic heterocycles. The molecule has 14 heavy (non-hydrogen) atoms. The summed E-state index contributed by atoms with van der Waals surface area (Å²) >= 11 is 0. The smallest absolute Gasteiger partial charge is 0.352 e. The van der Waals surface area contributed by atoms with E-state index in [9.17, 15) is 4.79 Å². The van der Waals surface area contributed by atoms with Crippen molar-refractivity contribution in [3.05, 3.63) is 0 Å². The van der Waals surface area contributed by atoms with E-state index in [1.165, 1.54) is 0 Å². The maximum Gasteiger partial charge on any atom is 0.352 e. The minimum absolute atomic E-state index is 0.0226. The molecular weight excluding hydrogens is 182 g/mol. The monoisotopic (exact) mass is 201 g/mol. The van der Waals surface area contributed by atoms with E-state index >= 15 is 0 Å². The summed E-state index contributed by atoms with van der Waals surface area (Å²) in [4.78, 5) is 11.3. The normalized spacial score (nSPS) is 13.5. The van der Waals surface area contributed by atoms with Gasteiger partial charge < -0.3 is 9.84 Å². The molecule has 0 aliphatic heterocycles. The van der Waals surface area contributed by atoms with Crippen LogP contribution in [0.1, 0.15) is 34.1 Å². The van der Waals surface area contributed by atoms with E-state index in [0.29, 0.717) is 0 Å². The molecule has 2 N–H and O–H groups in total. The fourth-order valence-corrected chi connectivity index (χ4v) is 0.836. The maximum absolute atomic E-state index is 11.3. The number of aliphatic hydroxyl groups is 1. The third-order valence-corrected chi connectivity index (χ3v) is 1.51. The van der Waals surface area contributed by atoms with Gasteiger partial charge in [0.1, 0.15) is 11.3 Å². The Balaban J connectivity index is 4.08. The summed E-state index contributed by atoms with van der Waals surface area (Å²) < 4.78 is 5.00. The number of aliphatic hydroxyl groups excluding tert-OH is 1. The number of carbonyl (C=O) groups excluding carboxylic acids is 1. The van der Waals surface area contributed by atoms with Gasteiger partial charge >= 0.3 is 5.97 Å². The van der Waals surface area contributed by atoms with Crippen molar-refractivity contribution in [1.82, 2.24) is 0 Å². The van der Waals surface area contributed by atoms with Gasteiger partial charge in [0, 0.05) is 13.0 Å². The molecule has 0 rings (SSSR count). The first kappa shape index (κ1) is 13.1. The number of hydrogen-bond donors (Lipinski definition) is 2. The Morgan fingerprint density at radius 2 is 2.00 bits per heavy atom. The number of ether oxygens (including phenoxy) is 1. The zero-order valence-corrected chi connectivity index (χ0v) is 9.26. The molecule has 0 amide bonds. The van der Waals surface area contributed by atoms with Crippen LogP contribution in [0.4, 0.5) is 0 Å². The number of esters is 1. The largest absolute Gasteiger partial charge is 0.456 e. The molecule has 0 radical (unpaired) electrons. The van der Waals surface area contributed by atoms with Crippen LogP contribution in [0.3, 0.4) is 0 Å². The van der Waals surface area contributed by atoms with Crippen molar-refractivity contribution in [3.63, 3.8) is 0 Å². The van der Waals surface area contributed by atoms with E-state index < -0.39 is 11.6 Å². The summed E-state index contributed by atoms with van der Waals surface area (Å²) in [5.41, 5.74) is -0.646. The number of carbonyl (C=O) groups is 1. The van der Waals surface area contributed by atoms with Crippen molar-refractivity contribution >= 4 is 11.7 Å². The van der Waals surface area contributed by atoms with E-state index in [1.807, 2.05) is 0 Å². The second-order valence-corrected chi connectivity index (χ2v) is 4.47. The molecule has 82 valence electrons. The van der Waals surface area contributed by atoms with Crippen LogP contribution in [0, 0.1) is 11.3 Å². The zero-order valence-electron chi connectivity index (χ0n) is 9.26. The average molecular weight is 201 g/mol. The van der Waals surface area contributed by atoms with E-state index in [0.717, 1.165) is 0 Å². The number of nitrogens with one attached hydrogen (secondary N) is 1. The lowest BCUT2D eigenvalue weighted by atomic mass is 10.1. The van der Waals surface area contributed by atoms with E-state index in [1.54, 1.807) is 27.7 Å². The highest BCUT2D eigenvalue weighted by molar-refractivity contribution is 6.35. The first-order valence-electron chi connectivity index (χ1n) is 4.68. The summed E-state index contributed by atoms with van der Waals surface area (Å²) in [5.74, 6) is -0.673. The first-order chi connectivity index (χ1) is 6.26. The van der Waals surface area contributed by atoms with E-state index in [-0.39, 0.29) is 24.7 Å². The van der Waals surface area contributed by atoms with Gasteiger partial charge in [-0.1, -0.05) is 6.92 Å². The Morgan fingerprint density at radius 3 is 2.36 bits per heavy atom. The van der Waals surface area contributed by atoms with Crippen LogP contribution in [-0.4, -0.2) is 29.0 Å². The number of rotatable bonds is 4. The lowest BCUT2D eigenvalue weighted by Gasteiger charge is -2.20. The van der Waals surface area contributed by atoms with Crippen LogP contribution in [0.25, 0.3) is 0 Å². The zero-order chi connectivity index (χ0) is 11.4. The third-order valence-electron chi connectivity index (χ3n) is 1.51. The van der Waals surface area contributed by atoms with Gasteiger partial charge in [-0.2, -0.15) is 0 Å². The first-order valence-corrected chi connectivity index (χ1v) is 4.68. The molecule has 0 aromatic rings. The van der Waals surface area contributed by atoms with Gasteiger partial charge in [0.25, 0.3) is 0 Å². The molecule has 1 atom stereocenters.